The summed E-state index contributed by atoms with van der Waals surface area (Å²) < 4.78 is 0. The number of nitrogens with two attached hydrogens (primary N) is 1. The third kappa shape index (κ3) is 1.56. The minimum Gasteiger partial charge on any atom is -0.399 e. The zero-order valence-electron chi connectivity index (χ0n) is 9.96. The maximum Gasteiger partial charge on any atom is 0.0317 e. The lowest BCUT2D eigenvalue weighted by molar-refractivity contribution is 0.564. The second-order valence-corrected chi connectivity index (χ2v) is 5.58. The monoisotopic (exact) mass is 201 g/mol. The lowest BCUT2D eigenvalue weighted by atomic mass is 9.68. The molecule has 1 aliphatic carbocycles. The molecular formula is C14H19N. The van der Waals surface area contributed by atoms with E-state index in [1.807, 2.05) is 6.07 Å². The molecule has 1 nitrogen and oxygen atoms in total. The first-order valence-corrected chi connectivity index (χ1v) is 5.44. The normalized spacial score (nSPS) is 21.1. The lowest BCUT2D eigenvalue weighted by Crippen LogP contribution is -2.29. The summed E-state index contributed by atoms with van der Waals surface area (Å²) in [6.07, 6.45) is 4.58. The van der Waals surface area contributed by atoms with E-state index < -0.39 is 0 Å². The molecule has 0 amide bonds. The van der Waals surface area contributed by atoms with Gasteiger partial charge in [0.25, 0.3) is 0 Å². The van der Waals surface area contributed by atoms with Gasteiger partial charge in [-0.1, -0.05) is 45.9 Å². The molecule has 1 aromatic carbocycles. The predicted molar refractivity (Wildman–Crippen MR) is 66.0 cm³/mol. The first-order valence-electron chi connectivity index (χ1n) is 5.44. The number of allylic oxidation sites excluding steroid dienone is 2. The van der Waals surface area contributed by atoms with Crippen LogP contribution in [0.1, 0.15) is 38.8 Å². The van der Waals surface area contributed by atoms with Crippen molar-refractivity contribution < 1.29 is 0 Å². The van der Waals surface area contributed by atoms with Crippen molar-refractivity contribution in [2.75, 3.05) is 5.73 Å². The van der Waals surface area contributed by atoms with Crippen LogP contribution in [0.2, 0.25) is 0 Å². The molecule has 0 heterocycles. The Labute approximate surface area is 92.0 Å². The van der Waals surface area contributed by atoms with Gasteiger partial charge in [0.05, 0.1) is 0 Å². The van der Waals surface area contributed by atoms with E-state index in [1.165, 1.54) is 11.1 Å². The van der Waals surface area contributed by atoms with Crippen LogP contribution in [-0.4, -0.2) is 0 Å². The number of hydrogen-bond acceptors (Lipinski definition) is 1. The molecule has 15 heavy (non-hydrogen) atoms. The third-order valence-corrected chi connectivity index (χ3v) is 3.35. The molecular weight excluding hydrogens is 182 g/mol. The van der Waals surface area contributed by atoms with Crippen molar-refractivity contribution in [3.05, 3.63) is 41.5 Å². The third-order valence-electron chi connectivity index (χ3n) is 3.35. The molecule has 0 saturated heterocycles. The standard InChI is InChI=1S/C14H19N/c1-13(2)7-8-14(3,4)12-9-10(15)5-6-11(12)13/h5-9H,15H2,1-4H3. The van der Waals surface area contributed by atoms with Crippen LogP contribution in [0.15, 0.2) is 30.4 Å². The van der Waals surface area contributed by atoms with Gasteiger partial charge in [-0.3, -0.25) is 0 Å². The Hall–Kier alpha value is -1.24. The summed E-state index contributed by atoms with van der Waals surface area (Å²) in [6, 6.07) is 6.27. The zero-order valence-corrected chi connectivity index (χ0v) is 9.96. The van der Waals surface area contributed by atoms with Crippen LogP contribution < -0.4 is 5.73 Å². The maximum atomic E-state index is 5.87. The van der Waals surface area contributed by atoms with E-state index >= 15 is 0 Å². The maximum absolute atomic E-state index is 5.87. The average Bonchev–Trinajstić information content (AvgIpc) is 2.13. The molecule has 0 radical (unpaired) electrons. The Kier molecular flexibility index (Phi) is 1.97. The summed E-state index contributed by atoms with van der Waals surface area (Å²) >= 11 is 0. The van der Waals surface area contributed by atoms with E-state index in [9.17, 15) is 0 Å². The molecule has 1 aliphatic rings. The molecule has 2 N–H and O–H groups in total. The van der Waals surface area contributed by atoms with Gasteiger partial charge in [0, 0.05) is 16.5 Å². The van der Waals surface area contributed by atoms with Crippen LogP contribution in [0.3, 0.4) is 0 Å². The quantitative estimate of drug-likeness (QED) is 0.505. The summed E-state index contributed by atoms with van der Waals surface area (Å²) in [7, 11) is 0. The molecule has 1 heteroatoms. The molecule has 0 fully saturated rings. The van der Waals surface area contributed by atoms with Gasteiger partial charge in [0.1, 0.15) is 0 Å². The number of anilines is 1. The van der Waals surface area contributed by atoms with Crippen LogP contribution in [0.25, 0.3) is 0 Å². The van der Waals surface area contributed by atoms with Crippen molar-refractivity contribution in [3.63, 3.8) is 0 Å². The van der Waals surface area contributed by atoms with Crippen LogP contribution in [0, 0.1) is 0 Å². The van der Waals surface area contributed by atoms with Crippen molar-refractivity contribution in [1.29, 1.82) is 0 Å². The largest absolute Gasteiger partial charge is 0.399 e. The highest BCUT2D eigenvalue weighted by Gasteiger charge is 2.32. The molecule has 0 atom stereocenters. The molecule has 0 saturated carbocycles. The summed E-state index contributed by atoms with van der Waals surface area (Å²) in [6.45, 7) is 8.95. The SMILES string of the molecule is CC1(C)C=CC(C)(C)c2cc(N)ccc21. The van der Waals surface area contributed by atoms with E-state index in [0.717, 1.165) is 5.69 Å². The topological polar surface area (TPSA) is 26.0 Å². The minimum absolute atomic E-state index is 0.0975. The second kappa shape index (κ2) is 2.88. The first kappa shape index (κ1) is 10.3. The number of fused-ring (bicyclic) bond motifs is 1. The molecule has 0 spiro atoms. The van der Waals surface area contributed by atoms with Gasteiger partial charge >= 0.3 is 0 Å². The number of nitrogen functional groups attached to an aromatic ring is 1. The molecule has 80 valence electrons. The second-order valence-electron chi connectivity index (χ2n) is 5.58. The van der Waals surface area contributed by atoms with Gasteiger partial charge in [-0.15, -0.1) is 0 Å². The number of benzene rings is 1. The Balaban J connectivity index is 2.70. The van der Waals surface area contributed by atoms with Crippen molar-refractivity contribution >= 4 is 5.69 Å². The highest BCUT2D eigenvalue weighted by Crippen LogP contribution is 2.41. The highest BCUT2D eigenvalue weighted by molar-refractivity contribution is 5.54. The van der Waals surface area contributed by atoms with Gasteiger partial charge in [0.2, 0.25) is 0 Å². The molecule has 0 bridgehead atoms. The van der Waals surface area contributed by atoms with Gasteiger partial charge in [0.15, 0.2) is 0 Å². The molecule has 0 unspecified atom stereocenters. The fourth-order valence-electron chi connectivity index (χ4n) is 2.25. The Morgan fingerprint density at radius 3 is 2.00 bits per heavy atom. The smallest absolute Gasteiger partial charge is 0.0317 e. The van der Waals surface area contributed by atoms with Crippen LogP contribution in [0.4, 0.5) is 5.69 Å². The lowest BCUT2D eigenvalue weighted by Gasteiger charge is -2.36. The molecule has 2 rings (SSSR count). The van der Waals surface area contributed by atoms with Crippen molar-refractivity contribution in [2.24, 2.45) is 0 Å². The van der Waals surface area contributed by atoms with Gasteiger partial charge in [-0.25, -0.2) is 0 Å². The Morgan fingerprint density at radius 1 is 0.867 bits per heavy atom. The summed E-state index contributed by atoms with van der Waals surface area (Å²) in [5.74, 6) is 0. The molecule has 1 aromatic rings. The van der Waals surface area contributed by atoms with Crippen molar-refractivity contribution in [1.82, 2.24) is 0 Å². The Bertz CT molecular complexity index is 425. The van der Waals surface area contributed by atoms with Crippen LogP contribution in [0.5, 0.6) is 0 Å². The highest BCUT2D eigenvalue weighted by atomic mass is 14.5. The van der Waals surface area contributed by atoms with Crippen LogP contribution in [-0.2, 0) is 10.8 Å². The summed E-state index contributed by atoms with van der Waals surface area (Å²) in [5.41, 5.74) is 9.69. The zero-order chi connectivity index (χ0) is 11.3. The van der Waals surface area contributed by atoms with E-state index in [1.54, 1.807) is 0 Å². The van der Waals surface area contributed by atoms with Gasteiger partial charge in [-0.2, -0.15) is 0 Å². The fraction of sp³-hybridized carbons (Fsp3) is 0.429. The van der Waals surface area contributed by atoms with Crippen molar-refractivity contribution in [3.8, 4) is 0 Å². The summed E-state index contributed by atoms with van der Waals surface area (Å²) in [4.78, 5) is 0. The van der Waals surface area contributed by atoms with Crippen LogP contribution >= 0.6 is 0 Å². The van der Waals surface area contributed by atoms with E-state index in [0.29, 0.717) is 0 Å². The van der Waals surface area contributed by atoms with E-state index in [2.05, 4.69) is 52.0 Å². The van der Waals surface area contributed by atoms with Gasteiger partial charge < -0.3 is 5.73 Å². The van der Waals surface area contributed by atoms with E-state index in [-0.39, 0.29) is 10.8 Å². The van der Waals surface area contributed by atoms with Gasteiger partial charge in [-0.05, 0) is 23.3 Å². The average molecular weight is 201 g/mol. The van der Waals surface area contributed by atoms with E-state index in [4.69, 9.17) is 5.73 Å². The number of hydrogen-bond donors (Lipinski definition) is 1. The molecule has 0 aromatic heterocycles. The minimum atomic E-state index is 0.0975. The Morgan fingerprint density at radius 2 is 1.40 bits per heavy atom. The predicted octanol–water partition coefficient (Wildman–Crippen LogP) is 3.39. The first-order chi connectivity index (χ1) is 6.83. The number of rotatable bonds is 0. The fourth-order valence-corrected chi connectivity index (χ4v) is 2.25. The van der Waals surface area contributed by atoms with Crippen molar-refractivity contribution in [2.45, 2.75) is 38.5 Å². The summed E-state index contributed by atoms with van der Waals surface area (Å²) in [5, 5.41) is 0. The molecule has 0 aliphatic heterocycles.